The summed E-state index contributed by atoms with van der Waals surface area (Å²) in [6.07, 6.45) is -1.48. The molecule has 2 nitrogen and oxygen atoms in total. The lowest BCUT2D eigenvalue weighted by molar-refractivity contribution is -0.137. The Morgan fingerprint density at radius 2 is 2.05 bits per heavy atom. The number of hydrogen-bond donors (Lipinski definition) is 1. The van der Waals surface area contributed by atoms with Crippen molar-refractivity contribution in [2.75, 3.05) is 5.32 Å². The lowest BCUT2D eigenvalue weighted by Gasteiger charge is -2.22. The molecule has 2 rings (SSSR count). The third kappa shape index (κ3) is 3.01. The summed E-state index contributed by atoms with van der Waals surface area (Å²) in [7, 11) is 0. The molecule has 0 aromatic heterocycles. The molecule has 2 atom stereocenters. The van der Waals surface area contributed by atoms with Crippen LogP contribution in [0.4, 0.5) is 18.9 Å². The van der Waals surface area contributed by atoms with Crippen molar-refractivity contribution in [3.63, 3.8) is 0 Å². The first kappa shape index (κ1) is 13.7. The van der Waals surface area contributed by atoms with Gasteiger partial charge in [-0.3, -0.25) is 0 Å². The highest BCUT2D eigenvalue weighted by atomic mass is 19.4. The predicted octanol–water partition coefficient (Wildman–Crippen LogP) is 4.18. The summed E-state index contributed by atoms with van der Waals surface area (Å²) in [4.78, 5) is 0. The molecule has 0 bridgehead atoms. The maximum absolute atomic E-state index is 13.0. The quantitative estimate of drug-likeness (QED) is 0.873. The van der Waals surface area contributed by atoms with Crippen molar-refractivity contribution in [2.45, 2.75) is 38.4 Å². The van der Waals surface area contributed by atoms with Crippen LogP contribution in [0.25, 0.3) is 0 Å². The van der Waals surface area contributed by atoms with Gasteiger partial charge in [-0.05, 0) is 37.0 Å². The fourth-order valence-corrected chi connectivity index (χ4v) is 2.53. The van der Waals surface area contributed by atoms with E-state index in [0.29, 0.717) is 5.92 Å². The highest BCUT2D eigenvalue weighted by Gasteiger charge is 2.35. The number of anilines is 1. The van der Waals surface area contributed by atoms with E-state index in [2.05, 4.69) is 5.32 Å². The molecule has 1 aliphatic carbocycles. The summed E-state index contributed by atoms with van der Waals surface area (Å²) < 4.78 is 39.0. The lowest BCUT2D eigenvalue weighted by Crippen LogP contribution is -2.24. The van der Waals surface area contributed by atoms with Crippen LogP contribution in [-0.4, -0.2) is 6.04 Å². The van der Waals surface area contributed by atoms with Crippen LogP contribution < -0.4 is 5.32 Å². The zero-order valence-corrected chi connectivity index (χ0v) is 10.6. The molecule has 0 amide bonds. The minimum Gasteiger partial charge on any atom is -0.382 e. The molecule has 1 aromatic rings. The summed E-state index contributed by atoms with van der Waals surface area (Å²) in [5, 5.41) is 11.7. The summed E-state index contributed by atoms with van der Waals surface area (Å²) >= 11 is 0. The maximum Gasteiger partial charge on any atom is 0.418 e. The summed E-state index contributed by atoms with van der Waals surface area (Å²) in [5.41, 5.74) is -0.659. The Labute approximate surface area is 110 Å². The van der Waals surface area contributed by atoms with Gasteiger partial charge in [-0.1, -0.05) is 13.3 Å². The number of hydrogen-bond acceptors (Lipinski definition) is 2. The average molecular weight is 268 g/mol. The van der Waals surface area contributed by atoms with Gasteiger partial charge in [0.2, 0.25) is 0 Å². The second-order valence-corrected chi connectivity index (χ2v) is 5.03. The molecule has 102 valence electrons. The van der Waals surface area contributed by atoms with Gasteiger partial charge < -0.3 is 5.32 Å². The van der Waals surface area contributed by atoms with Crippen LogP contribution in [0.2, 0.25) is 0 Å². The van der Waals surface area contributed by atoms with Crippen LogP contribution >= 0.6 is 0 Å². The first-order valence-electron chi connectivity index (χ1n) is 6.29. The van der Waals surface area contributed by atoms with Crippen molar-refractivity contribution in [2.24, 2.45) is 5.92 Å². The average Bonchev–Trinajstić information content (AvgIpc) is 2.74. The molecule has 1 saturated carbocycles. The van der Waals surface area contributed by atoms with Gasteiger partial charge in [0.25, 0.3) is 0 Å². The van der Waals surface area contributed by atoms with Crippen molar-refractivity contribution in [1.82, 2.24) is 0 Å². The summed E-state index contributed by atoms with van der Waals surface area (Å²) in [5.74, 6) is 0.372. The highest BCUT2D eigenvalue weighted by Crippen LogP contribution is 2.37. The Bertz CT molecular complexity index is 502. The Balaban J connectivity index is 2.32. The molecule has 0 heterocycles. The van der Waals surface area contributed by atoms with E-state index in [1.807, 2.05) is 6.92 Å². The highest BCUT2D eigenvalue weighted by molar-refractivity contribution is 5.56. The standard InChI is InChI=1S/C14H15F3N2/c1-9-3-2-4-12(9)19-13-6-5-10(8-18)7-11(13)14(15,16)17/h5-7,9,12,19H,2-4H2,1H3. The van der Waals surface area contributed by atoms with Crippen molar-refractivity contribution in [1.29, 1.82) is 5.26 Å². The van der Waals surface area contributed by atoms with E-state index in [1.165, 1.54) is 12.1 Å². The Morgan fingerprint density at radius 1 is 1.32 bits per heavy atom. The van der Waals surface area contributed by atoms with Gasteiger partial charge in [0.05, 0.1) is 17.2 Å². The van der Waals surface area contributed by atoms with Crippen LogP contribution in [0.5, 0.6) is 0 Å². The number of halogens is 3. The van der Waals surface area contributed by atoms with Crippen LogP contribution in [0.15, 0.2) is 18.2 Å². The molecule has 0 radical (unpaired) electrons. The van der Waals surface area contributed by atoms with Crippen molar-refractivity contribution < 1.29 is 13.2 Å². The Morgan fingerprint density at radius 3 is 2.58 bits per heavy atom. The fourth-order valence-electron chi connectivity index (χ4n) is 2.53. The van der Waals surface area contributed by atoms with Gasteiger partial charge in [-0.2, -0.15) is 18.4 Å². The third-order valence-corrected chi connectivity index (χ3v) is 3.66. The van der Waals surface area contributed by atoms with E-state index in [9.17, 15) is 13.2 Å². The first-order chi connectivity index (χ1) is 8.91. The molecule has 1 fully saturated rings. The first-order valence-corrected chi connectivity index (χ1v) is 6.29. The number of alkyl halides is 3. The second-order valence-electron chi connectivity index (χ2n) is 5.03. The van der Waals surface area contributed by atoms with Gasteiger partial charge in [0.1, 0.15) is 0 Å². The zero-order valence-electron chi connectivity index (χ0n) is 10.6. The number of benzene rings is 1. The second kappa shape index (κ2) is 5.12. The van der Waals surface area contributed by atoms with E-state index < -0.39 is 11.7 Å². The van der Waals surface area contributed by atoms with E-state index in [0.717, 1.165) is 25.3 Å². The van der Waals surface area contributed by atoms with E-state index in [-0.39, 0.29) is 17.3 Å². The topological polar surface area (TPSA) is 35.8 Å². The molecule has 1 N–H and O–H groups in total. The number of nitrogens with zero attached hydrogens (tertiary/aromatic N) is 1. The summed E-state index contributed by atoms with van der Waals surface area (Å²) in [6.45, 7) is 2.04. The van der Waals surface area contributed by atoms with Crippen LogP contribution in [-0.2, 0) is 6.18 Å². The molecule has 0 spiro atoms. The minimum atomic E-state index is -4.45. The number of rotatable bonds is 2. The van der Waals surface area contributed by atoms with Gasteiger partial charge in [0, 0.05) is 11.7 Å². The van der Waals surface area contributed by atoms with Crippen molar-refractivity contribution >= 4 is 5.69 Å². The van der Waals surface area contributed by atoms with Gasteiger partial charge in [-0.15, -0.1) is 0 Å². The lowest BCUT2D eigenvalue weighted by atomic mass is 10.0. The normalized spacial score (nSPS) is 23.1. The van der Waals surface area contributed by atoms with Crippen LogP contribution in [0, 0.1) is 17.2 Å². The molecule has 2 unspecified atom stereocenters. The maximum atomic E-state index is 13.0. The SMILES string of the molecule is CC1CCCC1Nc1ccc(C#N)cc1C(F)(F)F. The Hall–Kier alpha value is -1.70. The summed E-state index contributed by atoms with van der Waals surface area (Å²) in [6, 6.07) is 5.49. The molecule has 1 aromatic carbocycles. The van der Waals surface area contributed by atoms with E-state index in [4.69, 9.17) is 5.26 Å². The fraction of sp³-hybridized carbons (Fsp3) is 0.500. The smallest absolute Gasteiger partial charge is 0.382 e. The molecule has 5 heteroatoms. The van der Waals surface area contributed by atoms with Gasteiger partial charge in [0.15, 0.2) is 0 Å². The van der Waals surface area contributed by atoms with Crippen molar-refractivity contribution in [3.8, 4) is 6.07 Å². The van der Waals surface area contributed by atoms with Crippen molar-refractivity contribution in [3.05, 3.63) is 29.3 Å². The molecule has 1 aliphatic rings. The largest absolute Gasteiger partial charge is 0.418 e. The molecular formula is C14H15F3N2. The van der Waals surface area contributed by atoms with Gasteiger partial charge >= 0.3 is 6.18 Å². The monoisotopic (exact) mass is 268 g/mol. The predicted molar refractivity (Wildman–Crippen MR) is 66.6 cm³/mol. The van der Waals surface area contributed by atoms with Crippen LogP contribution in [0.1, 0.15) is 37.3 Å². The molecule has 0 saturated heterocycles. The van der Waals surface area contributed by atoms with E-state index >= 15 is 0 Å². The van der Waals surface area contributed by atoms with Gasteiger partial charge in [-0.25, -0.2) is 0 Å². The zero-order chi connectivity index (χ0) is 14.0. The Kier molecular flexibility index (Phi) is 3.70. The molecule has 0 aliphatic heterocycles. The number of nitriles is 1. The number of nitrogens with one attached hydrogen (secondary N) is 1. The molecule has 19 heavy (non-hydrogen) atoms. The molecular weight excluding hydrogens is 253 g/mol. The van der Waals surface area contributed by atoms with Crippen LogP contribution in [0.3, 0.4) is 0 Å². The third-order valence-electron chi connectivity index (χ3n) is 3.66. The minimum absolute atomic E-state index is 0.0253. The van der Waals surface area contributed by atoms with E-state index in [1.54, 1.807) is 6.07 Å².